The molecular weight excluding hydrogens is 519 g/mol. The highest BCUT2D eigenvalue weighted by atomic mass is 32.2. The van der Waals surface area contributed by atoms with Gasteiger partial charge in [0.1, 0.15) is 0 Å². The van der Waals surface area contributed by atoms with Crippen molar-refractivity contribution in [3.63, 3.8) is 0 Å². The predicted octanol–water partition coefficient (Wildman–Crippen LogP) is 4.23. The molecule has 9 heteroatoms. The van der Waals surface area contributed by atoms with Gasteiger partial charge in [-0.3, -0.25) is 9.59 Å². The molecule has 200 valence electrons. The average molecular weight is 553 g/mol. The third-order valence-electron chi connectivity index (χ3n) is 6.67. The van der Waals surface area contributed by atoms with Crippen LogP contribution in [0.4, 0.5) is 5.69 Å². The van der Waals surface area contributed by atoms with Crippen molar-refractivity contribution in [2.75, 3.05) is 24.2 Å². The third-order valence-corrected chi connectivity index (χ3v) is 9.13. The quantitative estimate of drug-likeness (QED) is 0.284. The first-order valence-corrected chi connectivity index (χ1v) is 14.9. The molecule has 3 aromatic rings. The lowest BCUT2D eigenvalue weighted by molar-refractivity contribution is 0.0924. The smallest absolute Gasteiger partial charge is 0.266 e. The molecule has 1 aliphatic rings. The van der Waals surface area contributed by atoms with E-state index in [1.165, 1.54) is 28.6 Å². The number of carbonyl (C=O) groups excluding carboxylic acids is 2. The van der Waals surface area contributed by atoms with E-state index >= 15 is 0 Å². The van der Waals surface area contributed by atoms with Crippen molar-refractivity contribution in [1.29, 1.82) is 0 Å². The first-order valence-electron chi connectivity index (χ1n) is 12.6. The highest BCUT2D eigenvalue weighted by molar-refractivity contribution is 7.89. The minimum absolute atomic E-state index is 0.0351. The van der Waals surface area contributed by atoms with Gasteiger partial charge < -0.3 is 5.11 Å². The number of anilines is 1. The van der Waals surface area contributed by atoms with E-state index in [2.05, 4.69) is 9.24 Å². The van der Waals surface area contributed by atoms with Gasteiger partial charge in [0.05, 0.1) is 27.8 Å². The van der Waals surface area contributed by atoms with Gasteiger partial charge in [-0.25, -0.2) is 13.3 Å². The second kappa shape index (κ2) is 11.9. The fourth-order valence-corrected chi connectivity index (χ4v) is 6.77. The summed E-state index contributed by atoms with van der Waals surface area (Å²) in [5, 5.41) is 11.1. The van der Waals surface area contributed by atoms with E-state index in [1.807, 2.05) is 44.2 Å². The average Bonchev–Trinajstić information content (AvgIpc) is 3.17. The van der Waals surface area contributed by atoms with Gasteiger partial charge in [0.25, 0.3) is 11.8 Å². The summed E-state index contributed by atoms with van der Waals surface area (Å²) in [6, 6.07) is 22.2. The topological polar surface area (TPSA) is 95.0 Å². The van der Waals surface area contributed by atoms with Crippen molar-refractivity contribution in [2.45, 2.75) is 31.3 Å². The van der Waals surface area contributed by atoms with Gasteiger partial charge in [0.15, 0.2) is 0 Å². The first-order chi connectivity index (χ1) is 18.1. The number of carbonyl (C=O) groups is 2. The normalized spacial score (nSPS) is 15.3. The van der Waals surface area contributed by atoms with Crippen LogP contribution in [-0.4, -0.2) is 55.0 Å². The van der Waals surface area contributed by atoms with E-state index in [1.54, 1.807) is 24.3 Å². The molecule has 0 saturated carbocycles. The Morgan fingerprint density at radius 1 is 0.842 bits per heavy atom. The summed E-state index contributed by atoms with van der Waals surface area (Å²) in [6.07, 6.45) is 0.398. The fourth-order valence-electron chi connectivity index (χ4n) is 4.67. The Kier molecular flexibility index (Phi) is 8.78. The number of sulfonamides is 1. The standard InChI is InChI=1S/C29H33N2O5PS/c1-20(2)17-30(18-27(32)22(19-37)16-21-8-4-3-5-9-21)38(35,36)24-14-12-23(13-15-24)31-28(33)25-10-6-7-11-26(25)29(31)34/h3-15,20,22,27,32H,16-19,37H2,1-2H3/t22?,27-/m1/s1. The second-order valence-electron chi connectivity index (χ2n) is 9.95. The molecule has 38 heavy (non-hydrogen) atoms. The number of hydrogen-bond acceptors (Lipinski definition) is 5. The van der Waals surface area contributed by atoms with Crippen molar-refractivity contribution in [3.8, 4) is 0 Å². The number of aliphatic hydroxyl groups is 1. The summed E-state index contributed by atoms with van der Waals surface area (Å²) >= 11 is 0. The maximum absolute atomic E-state index is 13.7. The molecular formula is C29H33N2O5PS. The summed E-state index contributed by atoms with van der Waals surface area (Å²) in [5.41, 5.74) is 2.04. The molecule has 1 aliphatic heterocycles. The highest BCUT2D eigenvalue weighted by Gasteiger charge is 2.37. The van der Waals surface area contributed by atoms with E-state index in [9.17, 15) is 23.1 Å². The van der Waals surface area contributed by atoms with Crippen LogP contribution in [-0.2, 0) is 16.4 Å². The molecule has 4 rings (SSSR count). The van der Waals surface area contributed by atoms with Gasteiger partial charge in [0.2, 0.25) is 10.0 Å². The minimum Gasteiger partial charge on any atom is -0.391 e. The Bertz CT molecular complexity index is 1360. The monoisotopic (exact) mass is 552 g/mol. The lowest BCUT2D eigenvalue weighted by Crippen LogP contribution is -2.43. The molecule has 1 heterocycles. The zero-order valence-corrected chi connectivity index (χ0v) is 23.5. The van der Waals surface area contributed by atoms with Crippen molar-refractivity contribution in [1.82, 2.24) is 4.31 Å². The molecule has 3 aromatic carbocycles. The number of imide groups is 1. The number of amides is 2. The summed E-state index contributed by atoms with van der Waals surface area (Å²) in [6.45, 7) is 4.07. The van der Waals surface area contributed by atoms with Crippen LogP contribution in [0.2, 0.25) is 0 Å². The van der Waals surface area contributed by atoms with Crippen LogP contribution in [0, 0.1) is 11.8 Å². The van der Waals surface area contributed by atoms with Crippen LogP contribution in [0.3, 0.4) is 0 Å². The Hall–Kier alpha value is -2.90. The van der Waals surface area contributed by atoms with Crippen LogP contribution in [0.25, 0.3) is 0 Å². The minimum atomic E-state index is -3.95. The molecule has 0 bridgehead atoms. The molecule has 0 saturated heterocycles. The van der Waals surface area contributed by atoms with E-state index < -0.39 is 27.9 Å². The molecule has 2 unspecified atom stereocenters. The van der Waals surface area contributed by atoms with Gasteiger partial charge in [0, 0.05) is 13.1 Å². The van der Waals surface area contributed by atoms with Gasteiger partial charge in [-0.05, 0) is 66.4 Å². The van der Waals surface area contributed by atoms with Crippen molar-refractivity contribution in [3.05, 3.63) is 95.6 Å². The zero-order valence-electron chi connectivity index (χ0n) is 21.5. The van der Waals surface area contributed by atoms with Gasteiger partial charge in [-0.1, -0.05) is 56.3 Å². The number of hydrogen-bond donors (Lipinski definition) is 1. The van der Waals surface area contributed by atoms with Crippen molar-refractivity contribution >= 4 is 36.8 Å². The Morgan fingerprint density at radius 3 is 1.92 bits per heavy atom. The van der Waals surface area contributed by atoms with Gasteiger partial charge in [-0.2, -0.15) is 4.31 Å². The van der Waals surface area contributed by atoms with E-state index in [4.69, 9.17) is 0 Å². The van der Waals surface area contributed by atoms with Crippen LogP contribution in [0.5, 0.6) is 0 Å². The van der Waals surface area contributed by atoms with E-state index in [0.29, 0.717) is 29.4 Å². The SMILES string of the molecule is CC(C)CN(C[C@@H](O)C(CP)Cc1ccccc1)S(=O)(=O)c1ccc(N2C(=O)c3ccccc3C2=O)cc1. The van der Waals surface area contributed by atoms with Crippen LogP contribution < -0.4 is 4.90 Å². The van der Waals surface area contributed by atoms with Crippen LogP contribution in [0.15, 0.2) is 83.8 Å². The number of benzene rings is 3. The molecule has 7 nitrogen and oxygen atoms in total. The van der Waals surface area contributed by atoms with Crippen molar-refractivity contribution in [2.24, 2.45) is 11.8 Å². The molecule has 0 aliphatic carbocycles. The van der Waals surface area contributed by atoms with Crippen molar-refractivity contribution < 1.29 is 23.1 Å². The summed E-state index contributed by atoms with van der Waals surface area (Å²) in [7, 11) is -1.29. The molecule has 0 aromatic heterocycles. The summed E-state index contributed by atoms with van der Waals surface area (Å²) < 4.78 is 28.7. The van der Waals surface area contributed by atoms with E-state index in [0.717, 1.165) is 10.5 Å². The van der Waals surface area contributed by atoms with Gasteiger partial charge in [-0.15, -0.1) is 9.24 Å². The third kappa shape index (κ3) is 5.89. The number of rotatable bonds is 11. The molecule has 1 N–H and O–H groups in total. The maximum Gasteiger partial charge on any atom is 0.266 e. The predicted molar refractivity (Wildman–Crippen MR) is 152 cm³/mol. The Balaban J connectivity index is 1.55. The number of aliphatic hydroxyl groups excluding tert-OH is 1. The molecule has 0 spiro atoms. The first kappa shape index (κ1) is 28.1. The molecule has 2 amide bonds. The second-order valence-corrected chi connectivity index (χ2v) is 12.4. The molecule has 0 fully saturated rings. The number of fused-ring (bicyclic) bond motifs is 1. The summed E-state index contributed by atoms with van der Waals surface area (Å²) in [5.74, 6) is -0.970. The van der Waals surface area contributed by atoms with Crippen LogP contribution in [0.1, 0.15) is 40.1 Å². The largest absolute Gasteiger partial charge is 0.391 e. The zero-order chi connectivity index (χ0) is 27.4. The Labute approximate surface area is 226 Å². The van der Waals surface area contributed by atoms with Crippen LogP contribution >= 0.6 is 9.24 Å². The lowest BCUT2D eigenvalue weighted by atomic mass is 9.95. The summed E-state index contributed by atoms with van der Waals surface area (Å²) in [4.78, 5) is 26.7. The van der Waals surface area contributed by atoms with Gasteiger partial charge >= 0.3 is 0 Å². The molecule has 0 radical (unpaired) electrons. The highest BCUT2D eigenvalue weighted by Crippen LogP contribution is 2.30. The Morgan fingerprint density at radius 2 is 1.39 bits per heavy atom. The fraction of sp³-hybridized carbons (Fsp3) is 0.310. The molecule has 3 atom stereocenters. The maximum atomic E-state index is 13.7. The lowest BCUT2D eigenvalue weighted by Gasteiger charge is -2.30. The van der Waals surface area contributed by atoms with E-state index in [-0.39, 0.29) is 29.8 Å². The number of nitrogens with zero attached hydrogens (tertiary/aromatic N) is 2.